The van der Waals surface area contributed by atoms with Crippen molar-refractivity contribution in [3.63, 3.8) is 0 Å². The van der Waals surface area contributed by atoms with Crippen LogP contribution >= 0.6 is 23.4 Å². The SMILES string of the molecule is N/C(=C/C(=O)c1ccc(F)cc1)Sc1ccc(Cl)cc1. The van der Waals surface area contributed by atoms with Crippen molar-refractivity contribution in [2.24, 2.45) is 5.73 Å². The van der Waals surface area contributed by atoms with Gasteiger partial charge in [-0.3, -0.25) is 4.79 Å². The second-order valence-corrected chi connectivity index (χ2v) is 5.56. The summed E-state index contributed by atoms with van der Waals surface area (Å²) in [6, 6.07) is 12.5. The molecule has 0 heterocycles. The maximum absolute atomic E-state index is 12.8. The first-order valence-electron chi connectivity index (χ1n) is 5.75. The van der Waals surface area contributed by atoms with E-state index in [2.05, 4.69) is 0 Å². The molecular weight excluding hydrogens is 297 g/mol. The van der Waals surface area contributed by atoms with Crippen LogP contribution in [0.1, 0.15) is 10.4 Å². The Morgan fingerprint density at radius 3 is 2.30 bits per heavy atom. The van der Waals surface area contributed by atoms with Gasteiger partial charge in [0.05, 0.1) is 5.03 Å². The van der Waals surface area contributed by atoms with Crippen LogP contribution in [-0.4, -0.2) is 5.78 Å². The summed E-state index contributed by atoms with van der Waals surface area (Å²) in [6.45, 7) is 0. The number of hydrogen-bond donors (Lipinski definition) is 1. The van der Waals surface area contributed by atoms with E-state index in [1.165, 1.54) is 42.1 Å². The first kappa shape index (κ1) is 14.6. The van der Waals surface area contributed by atoms with E-state index in [1.807, 2.05) is 12.1 Å². The van der Waals surface area contributed by atoms with Crippen LogP contribution in [0.2, 0.25) is 5.02 Å². The van der Waals surface area contributed by atoms with E-state index in [9.17, 15) is 9.18 Å². The zero-order chi connectivity index (χ0) is 14.5. The summed E-state index contributed by atoms with van der Waals surface area (Å²) in [4.78, 5) is 12.8. The van der Waals surface area contributed by atoms with Crippen LogP contribution < -0.4 is 5.73 Å². The van der Waals surface area contributed by atoms with Gasteiger partial charge in [-0.25, -0.2) is 4.39 Å². The molecule has 0 saturated heterocycles. The fraction of sp³-hybridized carbons (Fsp3) is 0. The molecule has 0 saturated carbocycles. The average Bonchev–Trinajstić information content (AvgIpc) is 2.42. The van der Waals surface area contributed by atoms with Crippen molar-refractivity contribution in [1.82, 2.24) is 0 Å². The molecule has 2 rings (SSSR count). The molecule has 0 aliphatic heterocycles. The Bertz CT molecular complexity index is 638. The van der Waals surface area contributed by atoms with Crippen LogP contribution in [0.25, 0.3) is 0 Å². The van der Waals surface area contributed by atoms with Gasteiger partial charge in [0.25, 0.3) is 0 Å². The molecule has 0 spiro atoms. The number of halogens is 2. The van der Waals surface area contributed by atoms with E-state index in [-0.39, 0.29) is 11.6 Å². The van der Waals surface area contributed by atoms with Gasteiger partial charge in [-0.05, 0) is 48.5 Å². The van der Waals surface area contributed by atoms with Gasteiger partial charge in [0.15, 0.2) is 5.78 Å². The maximum Gasteiger partial charge on any atom is 0.188 e. The van der Waals surface area contributed by atoms with Gasteiger partial charge in [-0.1, -0.05) is 23.4 Å². The lowest BCUT2D eigenvalue weighted by Crippen LogP contribution is -2.00. The summed E-state index contributed by atoms with van der Waals surface area (Å²) in [5.41, 5.74) is 6.20. The van der Waals surface area contributed by atoms with Gasteiger partial charge < -0.3 is 5.73 Å². The fourth-order valence-corrected chi connectivity index (χ4v) is 2.33. The van der Waals surface area contributed by atoms with Crippen LogP contribution in [0.15, 0.2) is 64.5 Å². The van der Waals surface area contributed by atoms with Gasteiger partial charge in [0.2, 0.25) is 0 Å². The largest absolute Gasteiger partial charge is 0.393 e. The molecular formula is C15H11ClFNOS. The van der Waals surface area contributed by atoms with Crippen LogP contribution in [0.3, 0.4) is 0 Å². The number of ketones is 1. The average molecular weight is 308 g/mol. The predicted molar refractivity (Wildman–Crippen MR) is 80.3 cm³/mol. The normalized spacial score (nSPS) is 11.4. The zero-order valence-electron chi connectivity index (χ0n) is 10.3. The lowest BCUT2D eigenvalue weighted by atomic mass is 10.1. The maximum atomic E-state index is 12.8. The number of allylic oxidation sites excluding steroid dienone is 1. The van der Waals surface area contributed by atoms with Crippen LogP contribution in [0.4, 0.5) is 4.39 Å². The number of thioether (sulfide) groups is 1. The molecule has 0 fully saturated rings. The van der Waals surface area contributed by atoms with Crippen molar-refractivity contribution >= 4 is 29.1 Å². The number of rotatable bonds is 4. The van der Waals surface area contributed by atoms with E-state index in [0.717, 1.165) is 4.90 Å². The summed E-state index contributed by atoms with van der Waals surface area (Å²) >= 11 is 7.05. The summed E-state index contributed by atoms with van der Waals surface area (Å²) in [6.07, 6.45) is 1.33. The van der Waals surface area contributed by atoms with E-state index >= 15 is 0 Å². The highest BCUT2D eigenvalue weighted by molar-refractivity contribution is 8.03. The first-order valence-corrected chi connectivity index (χ1v) is 6.94. The molecule has 102 valence electrons. The Kier molecular flexibility index (Phi) is 4.82. The molecule has 0 atom stereocenters. The van der Waals surface area contributed by atoms with Crippen molar-refractivity contribution in [2.45, 2.75) is 4.90 Å². The van der Waals surface area contributed by atoms with Crippen molar-refractivity contribution in [3.05, 3.63) is 76.0 Å². The minimum absolute atomic E-state index is 0.260. The molecule has 2 aromatic rings. The third-order valence-electron chi connectivity index (χ3n) is 2.45. The van der Waals surface area contributed by atoms with Crippen molar-refractivity contribution < 1.29 is 9.18 Å². The monoisotopic (exact) mass is 307 g/mol. The smallest absolute Gasteiger partial charge is 0.188 e. The van der Waals surface area contributed by atoms with Gasteiger partial charge in [-0.15, -0.1) is 0 Å². The molecule has 0 amide bonds. The third-order valence-corrected chi connectivity index (χ3v) is 3.56. The van der Waals surface area contributed by atoms with Crippen molar-refractivity contribution in [2.75, 3.05) is 0 Å². The minimum atomic E-state index is -0.381. The number of carbonyl (C=O) groups excluding carboxylic acids is 1. The number of benzene rings is 2. The molecule has 0 aromatic heterocycles. The molecule has 0 aliphatic carbocycles. The van der Waals surface area contributed by atoms with E-state index in [0.29, 0.717) is 15.6 Å². The van der Waals surface area contributed by atoms with Crippen molar-refractivity contribution in [1.29, 1.82) is 0 Å². The topological polar surface area (TPSA) is 43.1 Å². The highest BCUT2D eigenvalue weighted by atomic mass is 35.5. The van der Waals surface area contributed by atoms with E-state index in [1.54, 1.807) is 12.1 Å². The van der Waals surface area contributed by atoms with Crippen molar-refractivity contribution in [3.8, 4) is 0 Å². The molecule has 0 bridgehead atoms. The Morgan fingerprint density at radius 1 is 1.10 bits per heavy atom. The second kappa shape index (κ2) is 6.59. The van der Waals surface area contributed by atoms with Gasteiger partial charge in [-0.2, -0.15) is 0 Å². The molecule has 0 aliphatic rings. The Balaban J connectivity index is 2.07. The molecule has 2 N–H and O–H groups in total. The summed E-state index contributed by atoms with van der Waals surface area (Å²) in [7, 11) is 0. The lowest BCUT2D eigenvalue weighted by molar-refractivity contribution is 0.104. The number of hydrogen-bond acceptors (Lipinski definition) is 3. The summed E-state index contributed by atoms with van der Waals surface area (Å²) in [5.74, 6) is -0.641. The molecule has 20 heavy (non-hydrogen) atoms. The highest BCUT2D eigenvalue weighted by Crippen LogP contribution is 2.24. The molecule has 2 nitrogen and oxygen atoms in total. The number of nitrogens with two attached hydrogens (primary N) is 1. The standard InChI is InChI=1S/C15H11ClFNOS/c16-11-3-7-13(8-4-11)20-15(18)9-14(19)10-1-5-12(17)6-2-10/h1-9H,18H2/b15-9-. The van der Waals surface area contributed by atoms with Gasteiger partial charge in [0.1, 0.15) is 5.82 Å². The van der Waals surface area contributed by atoms with E-state index in [4.69, 9.17) is 17.3 Å². The molecule has 0 radical (unpaired) electrons. The summed E-state index contributed by atoms with van der Waals surface area (Å²) < 4.78 is 12.8. The van der Waals surface area contributed by atoms with Gasteiger partial charge >= 0.3 is 0 Å². The number of carbonyl (C=O) groups is 1. The lowest BCUT2D eigenvalue weighted by Gasteiger charge is -2.02. The fourth-order valence-electron chi connectivity index (χ4n) is 1.49. The Morgan fingerprint density at radius 2 is 1.70 bits per heavy atom. The van der Waals surface area contributed by atoms with Crippen LogP contribution in [-0.2, 0) is 0 Å². The molecule has 0 unspecified atom stereocenters. The first-order chi connectivity index (χ1) is 9.54. The third kappa shape index (κ3) is 4.11. The molecule has 5 heteroatoms. The highest BCUT2D eigenvalue weighted by Gasteiger charge is 2.05. The van der Waals surface area contributed by atoms with Crippen LogP contribution in [0.5, 0.6) is 0 Å². The Labute approximate surface area is 125 Å². The Hall–Kier alpha value is -1.78. The summed E-state index contributed by atoms with van der Waals surface area (Å²) in [5, 5.41) is 1.00. The van der Waals surface area contributed by atoms with Crippen LogP contribution in [0, 0.1) is 5.82 Å². The van der Waals surface area contributed by atoms with Gasteiger partial charge in [0, 0.05) is 21.6 Å². The molecule has 2 aromatic carbocycles. The van der Waals surface area contributed by atoms with E-state index < -0.39 is 0 Å². The second-order valence-electron chi connectivity index (χ2n) is 3.97. The zero-order valence-corrected chi connectivity index (χ0v) is 11.9. The quantitative estimate of drug-likeness (QED) is 0.521. The predicted octanol–water partition coefficient (Wildman–Crippen LogP) is 4.25. The minimum Gasteiger partial charge on any atom is -0.393 e.